The van der Waals surface area contributed by atoms with E-state index >= 15 is 0 Å². The van der Waals surface area contributed by atoms with Gasteiger partial charge in [-0.1, -0.05) is 0 Å². The molecule has 0 saturated carbocycles. The van der Waals surface area contributed by atoms with Crippen molar-refractivity contribution in [3.63, 3.8) is 0 Å². The molecular weight excluding hydrogens is 405 g/mol. The largest absolute Gasteiger partial charge is 1.00 e. The molecule has 0 aromatic rings. The Labute approximate surface area is 174 Å². The van der Waals surface area contributed by atoms with Gasteiger partial charge in [0.05, 0.1) is 0 Å². The molecule has 0 radical (unpaired) electrons. The van der Waals surface area contributed by atoms with Crippen LogP contribution in [0.25, 0.3) is 0 Å². The van der Waals surface area contributed by atoms with Crippen LogP contribution in [0.2, 0.25) is 0 Å². The van der Waals surface area contributed by atoms with Gasteiger partial charge in [-0.3, -0.25) is 0 Å². The molecule has 28 valence electrons. The molecule has 0 aliphatic carbocycles. The van der Waals surface area contributed by atoms with Gasteiger partial charge in [0.15, 0.2) is 0 Å². The molecule has 4 N–H and O–H groups in total. The van der Waals surface area contributed by atoms with Crippen molar-refractivity contribution < 1.29 is 180 Å². The summed E-state index contributed by atoms with van der Waals surface area (Å²) in [7, 11) is 0. The first-order chi connectivity index (χ1) is 0. The summed E-state index contributed by atoms with van der Waals surface area (Å²) in [5, 5.41) is 0. The van der Waals surface area contributed by atoms with Crippen molar-refractivity contribution in [1.29, 1.82) is 0 Å². The van der Waals surface area contributed by atoms with Gasteiger partial charge in [-0.25, -0.2) is 0 Å². The zero-order valence-electron chi connectivity index (χ0n) is 3.89. The Hall–Kier alpha value is 4.87. The van der Waals surface area contributed by atoms with Crippen LogP contribution in [0.5, 0.6) is 0 Å². The fourth-order valence-corrected chi connectivity index (χ4v) is 0. The fourth-order valence-electron chi connectivity index (χ4n) is 0. The number of hydrogen-bond acceptors (Lipinski definition) is 2. The maximum atomic E-state index is 0. The van der Waals surface area contributed by atoms with Crippen LogP contribution in [0.4, 0.5) is 0 Å². The molecule has 0 aromatic carbocycles. The molecule has 0 aromatic heterocycles. The first-order valence-corrected chi connectivity index (χ1v) is 0. The fraction of sp³-hybridized carbons (Fsp3) is 0. The van der Waals surface area contributed by atoms with E-state index in [1.54, 1.807) is 0 Å². The summed E-state index contributed by atoms with van der Waals surface area (Å²) in [6.45, 7) is 0. The summed E-state index contributed by atoms with van der Waals surface area (Å²) < 4.78 is 0. The maximum Gasteiger partial charge on any atom is 1.00 e. The van der Waals surface area contributed by atoms with Crippen molar-refractivity contribution in [1.82, 2.24) is 0 Å². The molecule has 0 amide bonds. The third kappa shape index (κ3) is 23.2. The van der Waals surface area contributed by atoms with Gasteiger partial charge in [-0.2, -0.15) is 0 Å². The van der Waals surface area contributed by atoms with Gasteiger partial charge in [0.25, 0.3) is 0 Å². The van der Waals surface area contributed by atoms with Crippen molar-refractivity contribution in [3.8, 4) is 0 Å². The topological polar surface area (TPSA) is 91.5 Å². The molecule has 0 rings (SSSR count). The van der Waals surface area contributed by atoms with Crippen molar-refractivity contribution >= 4 is 0 Å². The van der Waals surface area contributed by atoms with Gasteiger partial charge < -0.3 is 16.4 Å². The van der Waals surface area contributed by atoms with Crippen LogP contribution in [-0.4, -0.2) is 16.4 Å². The Balaban J connectivity index is 0. The monoisotopic (exact) mass is 408 g/mol. The summed E-state index contributed by atoms with van der Waals surface area (Å²) in [5.74, 6) is 0. The second-order valence-corrected chi connectivity index (χ2v) is 0. The van der Waals surface area contributed by atoms with E-state index < -0.39 is 0 Å². The van der Waals surface area contributed by atoms with E-state index in [9.17, 15) is 0 Å². The van der Waals surface area contributed by atoms with Gasteiger partial charge in [0.1, 0.15) is 0 Å². The molecule has 0 atom stereocenters. The molecule has 0 spiro atoms. The summed E-state index contributed by atoms with van der Waals surface area (Å²) in [4.78, 5) is 0. The molecule has 0 fully saturated rings. The molecule has 0 bridgehead atoms. The zero-order chi connectivity index (χ0) is 0. The molecule has 0 aliphatic rings. The van der Waals surface area contributed by atoms with Crippen LogP contribution in [0.1, 0.15) is 0 Å². The van der Waals surface area contributed by atoms with Crippen LogP contribution in [0.3, 0.4) is 0 Å². The molecule has 0 aliphatic heterocycles. The smallest absolute Gasteiger partial charge is 0.870 e. The predicted molar refractivity (Wildman–Crippen MR) is 7.49 cm³/mol. The summed E-state index contributed by atoms with van der Waals surface area (Å²) in [6, 6.07) is 0. The standard InChI is InChI=1S/2Cs.3H2O.Zr/h;;3*1H2;/q2*+1;;;;/p-2. The molecule has 0 saturated heterocycles. The van der Waals surface area contributed by atoms with Crippen LogP contribution in [0.15, 0.2) is 0 Å². The minimum Gasteiger partial charge on any atom is -0.870 e. The minimum atomic E-state index is 0. The average molecular weight is 409 g/mol. The van der Waals surface area contributed by atoms with E-state index in [2.05, 4.69) is 0 Å². The molecular formula is H4Cs2O3Zr. The van der Waals surface area contributed by atoms with Crippen molar-refractivity contribution in [2.75, 3.05) is 0 Å². The van der Waals surface area contributed by atoms with Crippen LogP contribution in [-0.2, 0) is 26.2 Å². The second-order valence-electron chi connectivity index (χ2n) is 0. The van der Waals surface area contributed by atoms with E-state index in [1.807, 2.05) is 0 Å². The summed E-state index contributed by atoms with van der Waals surface area (Å²) >= 11 is 0. The van der Waals surface area contributed by atoms with E-state index in [-0.39, 0.29) is 180 Å². The molecule has 6 heavy (non-hydrogen) atoms. The number of hydrogen-bond donors (Lipinski definition) is 0. The third-order valence-corrected chi connectivity index (χ3v) is 0. The van der Waals surface area contributed by atoms with Gasteiger partial charge >= 0.3 is 138 Å². The Morgan fingerprint density at radius 3 is 0.667 bits per heavy atom. The van der Waals surface area contributed by atoms with Crippen LogP contribution in [0, 0.1) is 0 Å². The predicted octanol–water partition coefficient (Wildman–Crippen LogP) is -7.17. The Morgan fingerprint density at radius 2 is 0.667 bits per heavy atom. The molecule has 3 nitrogen and oxygen atoms in total. The Morgan fingerprint density at radius 1 is 0.667 bits per heavy atom. The third-order valence-electron chi connectivity index (χ3n) is 0. The van der Waals surface area contributed by atoms with Crippen molar-refractivity contribution in [2.45, 2.75) is 0 Å². The Bertz CT molecular complexity index is 8.75. The van der Waals surface area contributed by atoms with Crippen LogP contribution >= 0.6 is 0 Å². The second kappa shape index (κ2) is 32.8. The normalized spacial score (nSPS) is 0. The zero-order valence-corrected chi connectivity index (χ0v) is 18.9. The van der Waals surface area contributed by atoms with E-state index in [4.69, 9.17) is 0 Å². The first-order valence-electron chi connectivity index (χ1n) is 0. The van der Waals surface area contributed by atoms with Crippen molar-refractivity contribution in [2.24, 2.45) is 0 Å². The minimum absolute atomic E-state index is 0. The van der Waals surface area contributed by atoms with Gasteiger partial charge in [0, 0.05) is 26.2 Å². The molecule has 0 heterocycles. The van der Waals surface area contributed by atoms with E-state index in [0.29, 0.717) is 0 Å². The summed E-state index contributed by atoms with van der Waals surface area (Å²) in [6.07, 6.45) is 0. The van der Waals surface area contributed by atoms with Crippen molar-refractivity contribution in [3.05, 3.63) is 0 Å². The van der Waals surface area contributed by atoms with E-state index in [1.165, 1.54) is 0 Å². The number of rotatable bonds is 0. The maximum absolute atomic E-state index is 0. The van der Waals surface area contributed by atoms with Gasteiger partial charge in [0.2, 0.25) is 0 Å². The first kappa shape index (κ1) is 44.7. The van der Waals surface area contributed by atoms with E-state index in [0.717, 1.165) is 0 Å². The van der Waals surface area contributed by atoms with Gasteiger partial charge in [-0.15, -0.1) is 0 Å². The molecule has 6 heteroatoms. The SMILES string of the molecule is O.[Cs+].[Cs+].[OH-].[OH-].[Zr]. The average Bonchev–Trinajstić information content (AvgIpc) is 0. The van der Waals surface area contributed by atoms with Gasteiger partial charge in [-0.05, 0) is 0 Å². The quantitative estimate of drug-likeness (QED) is 0.398. The molecule has 0 unspecified atom stereocenters. The summed E-state index contributed by atoms with van der Waals surface area (Å²) in [5.41, 5.74) is 0. The van der Waals surface area contributed by atoms with Crippen LogP contribution < -0.4 is 138 Å². The Kier molecular flexibility index (Phi) is 244.